The van der Waals surface area contributed by atoms with Crippen LogP contribution >= 0.6 is 0 Å². The number of nitrogens with zero attached hydrogens (tertiary/aromatic N) is 2. The molecule has 0 saturated heterocycles. The van der Waals surface area contributed by atoms with Crippen LogP contribution in [-0.2, 0) is 10.0 Å². The smallest absolute Gasteiger partial charge is 0.240 e. The molecule has 2 aromatic rings. The normalized spacial score (nSPS) is 14.1. The van der Waals surface area contributed by atoms with E-state index >= 15 is 0 Å². The largest absolute Gasteiger partial charge is 0.393 e. The highest BCUT2D eigenvalue weighted by atomic mass is 32.2. The Balaban J connectivity index is 2.61. The molecule has 7 nitrogen and oxygen atoms in total. The number of hydrogen-bond donors (Lipinski definition) is 3. The summed E-state index contributed by atoms with van der Waals surface area (Å²) in [6.45, 7) is 6.91. The van der Waals surface area contributed by atoms with Crippen molar-refractivity contribution in [3.05, 3.63) is 24.0 Å². The predicted molar refractivity (Wildman–Crippen MR) is 87.6 cm³/mol. The molecule has 1 atom stereocenters. The summed E-state index contributed by atoms with van der Waals surface area (Å²) in [4.78, 5) is 4.44. The standard InChI is InChI=1S/C15H23N3O4S/c1-9(2)17-23(21,22)11-5-6-13-12(7-11)16-15(14(20)8-19)18(13)10(3)4/h5-7,9-10,14,17,19-20H,8H2,1-4H3. The summed E-state index contributed by atoms with van der Waals surface area (Å²) in [5.74, 6) is 0.323. The van der Waals surface area contributed by atoms with Crippen molar-refractivity contribution in [2.45, 2.75) is 50.8 Å². The topological polar surface area (TPSA) is 104 Å². The number of aliphatic hydroxyl groups excluding tert-OH is 2. The Bertz CT molecular complexity index is 796. The Morgan fingerprint density at radius 2 is 1.91 bits per heavy atom. The first-order valence-electron chi connectivity index (χ1n) is 7.50. The lowest BCUT2D eigenvalue weighted by molar-refractivity contribution is 0.0852. The molecule has 0 saturated carbocycles. The SMILES string of the molecule is CC(C)NS(=O)(=O)c1ccc2c(c1)nc(C(O)CO)n2C(C)C. The van der Waals surface area contributed by atoms with Crippen molar-refractivity contribution in [2.75, 3.05) is 6.61 Å². The molecular weight excluding hydrogens is 318 g/mol. The van der Waals surface area contributed by atoms with Gasteiger partial charge in [0.2, 0.25) is 10.0 Å². The summed E-state index contributed by atoms with van der Waals surface area (Å²) < 4.78 is 28.9. The number of nitrogens with one attached hydrogen (secondary N) is 1. The van der Waals surface area contributed by atoms with Crippen molar-refractivity contribution in [3.8, 4) is 0 Å². The average molecular weight is 341 g/mol. The second-order valence-electron chi connectivity index (χ2n) is 6.06. The minimum atomic E-state index is -3.61. The number of fused-ring (bicyclic) bond motifs is 1. The van der Waals surface area contributed by atoms with E-state index in [1.807, 2.05) is 13.8 Å². The molecule has 1 aromatic heterocycles. The van der Waals surface area contributed by atoms with Crippen LogP contribution in [0.3, 0.4) is 0 Å². The number of rotatable bonds is 6. The van der Waals surface area contributed by atoms with Gasteiger partial charge < -0.3 is 14.8 Å². The summed E-state index contributed by atoms with van der Waals surface area (Å²) >= 11 is 0. The van der Waals surface area contributed by atoms with Gasteiger partial charge >= 0.3 is 0 Å². The van der Waals surface area contributed by atoms with E-state index in [1.54, 1.807) is 24.5 Å². The van der Waals surface area contributed by atoms with Crippen LogP contribution < -0.4 is 4.72 Å². The van der Waals surface area contributed by atoms with Crippen LogP contribution in [0.15, 0.2) is 23.1 Å². The maximum absolute atomic E-state index is 12.3. The highest BCUT2D eigenvalue weighted by Crippen LogP contribution is 2.27. The zero-order chi connectivity index (χ0) is 17.4. The molecule has 1 heterocycles. The molecule has 23 heavy (non-hydrogen) atoms. The summed E-state index contributed by atoms with van der Waals surface area (Å²) in [6.07, 6.45) is -1.11. The first-order chi connectivity index (χ1) is 10.7. The van der Waals surface area contributed by atoms with Gasteiger partial charge in [-0.15, -0.1) is 0 Å². The zero-order valence-electron chi connectivity index (χ0n) is 13.7. The number of sulfonamides is 1. The Hall–Kier alpha value is -1.48. The first kappa shape index (κ1) is 17.9. The molecule has 0 aliphatic heterocycles. The molecule has 8 heteroatoms. The van der Waals surface area contributed by atoms with E-state index < -0.39 is 22.7 Å². The van der Waals surface area contributed by atoms with E-state index in [9.17, 15) is 18.6 Å². The lowest BCUT2D eigenvalue weighted by atomic mass is 10.2. The van der Waals surface area contributed by atoms with Crippen molar-refractivity contribution in [1.82, 2.24) is 14.3 Å². The number of imidazole rings is 1. The fourth-order valence-corrected chi connectivity index (χ4v) is 3.77. The second-order valence-corrected chi connectivity index (χ2v) is 7.77. The summed E-state index contributed by atoms with van der Waals surface area (Å²) in [5, 5.41) is 19.1. The van der Waals surface area contributed by atoms with E-state index in [4.69, 9.17) is 0 Å². The van der Waals surface area contributed by atoms with Gasteiger partial charge in [0.25, 0.3) is 0 Å². The van der Waals surface area contributed by atoms with Gasteiger partial charge in [-0.05, 0) is 45.9 Å². The van der Waals surface area contributed by atoms with Gasteiger partial charge in [-0.3, -0.25) is 0 Å². The lowest BCUT2D eigenvalue weighted by Crippen LogP contribution is -2.30. The lowest BCUT2D eigenvalue weighted by Gasteiger charge is -2.15. The Kier molecular flexibility index (Phi) is 5.10. The number of aliphatic hydroxyl groups is 2. The van der Waals surface area contributed by atoms with Crippen LogP contribution in [0, 0.1) is 0 Å². The van der Waals surface area contributed by atoms with E-state index in [2.05, 4.69) is 9.71 Å². The molecule has 128 valence electrons. The molecule has 0 aliphatic rings. The molecular formula is C15H23N3O4S. The van der Waals surface area contributed by atoms with Gasteiger partial charge in [-0.25, -0.2) is 18.1 Å². The predicted octanol–water partition coefficient (Wildman–Crippen LogP) is 1.33. The average Bonchev–Trinajstić information content (AvgIpc) is 2.83. The summed E-state index contributed by atoms with van der Waals surface area (Å²) in [7, 11) is -3.61. The number of hydrogen-bond acceptors (Lipinski definition) is 5. The Labute approximate surface area is 136 Å². The number of aromatic nitrogens is 2. The van der Waals surface area contributed by atoms with Crippen LogP contribution in [0.1, 0.15) is 45.7 Å². The van der Waals surface area contributed by atoms with E-state index in [0.29, 0.717) is 16.9 Å². The molecule has 0 fully saturated rings. The molecule has 3 N–H and O–H groups in total. The molecule has 1 unspecified atom stereocenters. The van der Waals surface area contributed by atoms with Crippen molar-refractivity contribution >= 4 is 21.1 Å². The van der Waals surface area contributed by atoms with Crippen molar-refractivity contribution < 1.29 is 18.6 Å². The van der Waals surface area contributed by atoms with Crippen LogP contribution in [0.25, 0.3) is 11.0 Å². The van der Waals surface area contributed by atoms with Gasteiger partial charge in [0, 0.05) is 12.1 Å². The Morgan fingerprint density at radius 1 is 1.26 bits per heavy atom. The third-order valence-corrected chi connectivity index (χ3v) is 5.03. The maximum Gasteiger partial charge on any atom is 0.240 e. The van der Waals surface area contributed by atoms with E-state index in [1.165, 1.54) is 12.1 Å². The number of benzene rings is 1. The molecule has 0 bridgehead atoms. The van der Waals surface area contributed by atoms with Gasteiger partial charge in [-0.1, -0.05) is 0 Å². The summed E-state index contributed by atoms with van der Waals surface area (Å²) in [6, 6.07) is 4.46. The third kappa shape index (κ3) is 3.55. The molecule has 0 spiro atoms. The maximum atomic E-state index is 12.3. The highest BCUT2D eigenvalue weighted by Gasteiger charge is 2.22. The van der Waals surface area contributed by atoms with Crippen LogP contribution in [-0.4, -0.2) is 40.8 Å². The van der Waals surface area contributed by atoms with Gasteiger partial charge in [0.05, 0.1) is 22.5 Å². The second kappa shape index (κ2) is 6.56. The zero-order valence-corrected chi connectivity index (χ0v) is 14.5. The first-order valence-corrected chi connectivity index (χ1v) is 8.98. The van der Waals surface area contributed by atoms with Gasteiger partial charge in [-0.2, -0.15) is 0 Å². The van der Waals surface area contributed by atoms with Crippen LogP contribution in [0.2, 0.25) is 0 Å². The minimum absolute atomic E-state index is 0.00689. The Morgan fingerprint density at radius 3 is 2.43 bits per heavy atom. The molecule has 0 aliphatic carbocycles. The van der Waals surface area contributed by atoms with Gasteiger partial charge in [0.1, 0.15) is 11.9 Å². The molecule has 1 aromatic carbocycles. The fraction of sp³-hybridized carbons (Fsp3) is 0.533. The molecule has 2 rings (SSSR count). The van der Waals surface area contributed by atoms with Crippen molar-refractivity contribution in [2.24, 2.45) is 0 Å². The quantitative estimate of drug-likeness (QED) is 0.735. The third-order valence-electron chi connectivity index (χ3n) is 3.38. The van der Waals surface area contributed by atoms with Crippen molar-refractivity contribution in [3.63, 3.8) is 0 Å². The van der Waals surface area contributed by atoms with Crippen LogP contribution in [0.4, 0.5) is 0 Å². The summed E-state index contributed by atoms with van der Waals surface area (Å²) in [5.41, 5.74) is 1.18. The van der Waals surface area contributed by atoms with Gasteiger partial charge in [0.15, 0.2) is 0 Å². The monoisotopic (exact) mass is 341 g/mol. The van der Waals surface area contributed by atoms with Crippen molar-refractivity contribution in [1.29, 1.82) is 0 Å². The molecule has 0 radical (unpaired) electrons. The molecule has 0 amide bonds. The van der Waals surface area contributed by atoms with Crippen LogP contribution in [0.5, 0.6) is 0 Å². The highest BCUT2D eigenvalue weighted by molar-refractivity contribution is 7.89. The van der Waals surface area contributed by atoms with E-state index in [0.717, 1.165) is 0 Å². The fourth-order valence-electron chi connectivity index (χ4n) is 2.50. The van der Waals surface area contributed by atoms with E-state index in [-0.39, 0.29) is 17.0 Å². The minimum Gasteiger partial charge on any atom is -0.393 e.